The lowest BCUT2D eigenvalue weighted by molar-refractivity contribution is 0.0696. The Balaban J connectivity index is 1.29. The van der Waals surface area contributed by atoms with Crippen LogP contribution in [0.15, 0.2) is 60.2 Å². The number of thiazole rings is 1. The van der Waals surface area contributed by atoms with Crippen molar-refractivity contribution in [3.63, 3.8) is 0 Å². The summed E-state index contributed by atoms with van der Waals surface area (Å²) in [7, 11) is 1.58. The van der Waals surface area contributed by atoms with Gasteiger partial charge in [0.05, 0.1) is 24.0 Å². The minimum atomic E-state index is -1.03. The van der Waals surface area contributed by atoms with Gasteiger partial charge in [0.15, 0.2) is 0 Å². The summed E-state index contributed by atoms with van der Waals surface area (Å²) in [5.41, 5.74) is 4.53. The summed E-state index contributed by atoms with van der Waals surface area (Å²) >= 11 is 1.10. The molecule has 0 unspecified atom stereocenters. The van der Waals surface area contributed by atoms with E-state index in [2.05, 4.69) is 20.3 Å². The first-order chi connectivity index (χ1) is 17.4. The van der Waals surface area contributed by atoms with Crippen molar-refractivity contribution < 1.29 is 19.0 Å². The van der Waals surface area contributed by atoms with Crippen molar-refractivity contribution in [1.29, 1.82) is 0 Å². The number of halogens is 1. The van der Waals surface area contributed by atoms with E-state index in [0.29, 0.717) is 35.9 Å². The summed E-state index contributed by atoms with van der Waals surface area (Å²) in [5, 5.41) is 14.9. The third kappa shape index (κ3) is 4.50. The third-order valence-corrected chi connectivity index (χ3v) is 6.70. The second-order valence-corrected chi connectivity index (χ2v) is 8.94. The van der Waals surface area contributed by atoms with Gasteiger partial charge in [0.2, 0.25) is 5.01 Å². The van der Waals surface area contributed by atoms with Gasteiger partial charge < -0.3 is 19.7 Å². The molecule has 0 aliphatic carbocycles. The molecule has 3 aromatic heterocycles. The fraction of sp³-hybridized carbons (Fsp3) is 0.154. The number of anilines is 1. The van der Waals surface area contributed by atoms with Gasteiger partial charge in [-0.05, 0) is 25.1 Å². The lowest BCUT2D eigenvalue weighted by atomic mass is 10.1. The number of carboxylic acid groups (broad SMARTS) is 1. The molecular formula is C26H22FN5O3S. The van der Waals surface area contributed by atoms with Gasteiger partial charge in [-0.1, -0.05) is 24.3 Å². The van der Waals surface area contributed by atoms with Crippen LogP contribution in [0, 0.1) is 12.7 Å². The predicted octanol–water partition coefficient (Wildman–Crippen LogP) is 5.49. The van der Waals surface area contributed by atoms with E-state index in [1.54, 1.807) is 18.6 Å². The van der Waals surface area contributed by atoms with Gasteiger partial charge in [-0.3, -0.25) is 0 Å². The van der Waals surface area contributed by atoms with E-state index in [4.69, 9.17) is 9.84 Å². The molecule has 2 aromatic carbocycles. The Labute approximate surface area is 210 Å². The highest BCUT2D eigenvalue weighted by Crippen LogP contribution is 2.31. The standard InChI is InChI=1S/C26H22FN5O3S/c1-15-11-18-22(35-2)8-7-19(27)24(18)32(15)10-9-28-23-12-20(29-14-30-23)16-3-5-17(6-4-16)21-13-36-25(31-21)26(33)34/h3-8,11-14H,9-10H2,1-2H3,(H,33,34)(H,28,29,30). The summed E-state index contributed by atoms with van der Waals surface area (Å²) < 4.78 is 21.9. The minimum Gasteiger partial charge on any atom is -0.496 e. The summed E-state index contributed by atoms with van der Waals surface area (Å²) in [6.45, 7) is 3.02. The molecule has 5 aromatic rings. The molecular weight excluding hydrogens is 481 g/mol. The van der Waals surface area contributed by atoms with Crippen LogP contribution in [0.25, 0.3) is 33.4 Å². The Morgan fingerprint density at radius 3 is 2.56 bits per heavy atom. The second-order valence-electron chi connectivity index (χ2n) is 8.08. The first-order valence-corrected chi connectivity index (χ1v) is 12.0. The maximum Gasteiger partial charge on any atom is 0.365 e. The van der Waals surface area contributed by atoms with Crippen LogP contribution >= 0.6 is 11.3 Å². The van der Waals surface area contributed by atoms with E-state index in [1.807, 2.05) is 47.9 Å². The average molecular weight is 504 g/mol. The van der Waals surface area contributed by atoms with Crippen LogP contribution < -0.4 is 10.1 Å². The number of fused-ring (bicyclic) bond motifs is 1. The molecule has 0 amide bonds. The normalized spacial score (nSPS) is 11.1. The van der Waals surface area contributed by atoms with Crippen molar-refractivity contribution >= 4 is 34.0 Å². The number of aromatic nitrogens is 4. The maximum atomic E-state index is 14.6. The molecule has 0 aliphatic rings. The molecule has 0 bridgehead atoms. The van der Waals surface area contributed by atoms with Crippen LogP contribution in [0.2, 0.25) is 0 Å². The Hall–Kier alpha value is -4.31. The number of methoxy groups -OCH3 is 1. The van der Waals surface area contributed by atoms with Gasteiger partial charge in [-0.25, -0.2) is 24.1 Å². The van der Waals surface area contributed by atoms with Crippen molar-refractivity contribution in [3.05, 3.63) is 76.8 Å². The number of hydrogen-bond donors (Lipinski definition) is 2. The number of benzene rings is 2. The molecule has 36 heavy (non-hydrogen) atoms. The molecule has 3 heterocycles. The zero-order chi connectivity index (χ0) is 25.2. The van der Waals surface area contributed by atoms with Crippen molar-refractivity contribution in [3.8, 4) is 28.3 Å². The van der Waals surface area contributed by atoms with Crippen LogP contribution in [-0.4, -0.2) is 44.2 Å². The van der Waals surface area contributed by atoms with Gasteiger partial charge in [0.1, 0.15) is 23.7 Å². The highest BCUT2D eigenvalue weighted by atomic mass is 32.1. The van der Waals surface area contributed by atoms with Gasteiger partial charge in [-0.15, -0.1) is 11.3 Å². The van der Waals surface area contributed by atoms with E-state index in [0.717, 1.165) is 39.2 Å². The van der Waals surface area contributed by atoms with Crippen molar-refractivity contribution in [2.24, 2.45) is 0 Å². The van der Waals surface area contributed by atoms with E-state index in [9.17, 15) is 9.18 Å². The van der Waals surface area contributed by atoms with Crippen LogP contribution in [0.5, 0.6) is 5.75 Å². The lowest BCUT2D eigenvalue weighted by Crippen LogP contribution is -2.13. The number of nitrogens with zero attached hydrogens (tertiary/aromatic N) is 4. The van der Waals surface area contributed by atoms with Crippen LogP contribution in [-0.2, 0) is 6.54 Å². The molecule has 0 radical (unpaired) electrons. The SMILES string of the molecule is COc1ccc(F)c2c1cc(C)n2CCNc1cc(-c2ccc(-c3csc(C(=O)O)n3)cc2)ncn1. The third-order valence-electron chi connectivity index (χ3n) is 5.87. The zero-order valence-electron chi connectivity index (χ0n) is 19.5. The van der Waals surface area contributed by atoms with E-state index < -0.39 is 5.97 Å². The second kappa shape index (κ2) is 9.74. The topological polar surface area (TPSA) is 102 Å². The maximum absolute atomic E-state index is 14.6. The van der Waals surface area contributed by atoms with Crippen LogP contribution in [0.4, 0.5) is 10.2 Å². The summed E-state index contributed by atoms with van der Waals surface area (Å²) in [6.07, 6.45) is 1.49. The van der Waals surface area contributed by atoms with Crippen molar-refractivity contribution in [2.45, 2.75) is 13.5 Å². The number of rotatable bonds is 8. The monoisotopic (exact) mass is 503 g/mol. The summed E-state index contributed by atoms with van der Waals surface area (Å²) in [4.78, 5) is 23.9. The van der Waals surface area contributed by atoms with Gasteiger partial charge >= 0.3 is 5.97 Å². The van der Waals surface area contributed by atoms with Crippen LogP contribution in [0.3, 0.4) is 0 Å². The molecule has 10 heteroatoms. The Morgan fingerprint density at radius 2 is 1.86 bits per heavy atom. The van der Waals surface area contributed by atoms with Crippen LogP contribution in [0.1, 0.15) is 15.5 Å². The van der Waals surface area contributed by atoms with E-state index in [1.165, 1.54) is 12.4 Å². The number of carbonyl (C=O) groups is 1. The molecule has 8 nitrogen and oxygen atoms in total. The molecule has 0 fully saturated rings. The van der Waals surface area contributed by atoms with Gasteiger partial charge in [-0.2, -0.15) is 0 Å². The number of ether oxygens (including phenoxy) is 1. The zero-order valence-corrected chi connectivity index (χ0v) is 20.3. The average Bonchev–Trinajstić information content (AvgIpc) is 3.51. The molecule has 0 atom stereocenters. The quantitative estimate of drug-likeness (QED) is 0.289. The first kappa shape index (κ1) is 23.4. The highest BCUT2D eigenvalue weighted by molar-refractivity contribution is 7.11. The largest absolute Gasteiger partial charge is 0.496 e. The summed E-state index contributed by atoms with van der Waals surface area (Å²) in [5.74, 6) is -0.0241. The number of aryl methyl sites for hydroxylation is 1. The smallest absolute Gasteiger partial charge is 0.365 e. The predicted molar refractivity (Wildman–Crippen MR) is 137 cm³/mol. The first-order valence-electron chi connectivity index (χ1n) is 11.1. The van der Waals surface area contributed by atoms with Gasteiger partial charge in [0, 0.05) is 46.7 Å². The minimum absolute atomic E-state index is 0.0607. The molecule has 0 spiro atoms. The number of aromatic carboxylic acids is 1. The molecule has 2 N–H and O–H groups in total. The van der Waals surface area contributed by atoms with E-state index in [-0.39, 0.29) is 10.8 Å². The molecule has 182 valence electrons. The Kier molecular flexibility index (Phi) is 6.34. The fourth-order valence-corrected chi connectivity index (χ4v) is 4.79. The molecule has 5 rings (SSSR count). The molecule has 0 aliphatic heterocycles. The Morgan fingerprint density at radius 1 is 1.11 bits per heavy atom. The number of nitrogens with one attached hydrogen (secondary N) is 1. The molecule has 0 saturated carbocycles. The number of hydrogen-bond acceptors (Lipinski definition) is 7. The van der Waals surface area contributed by atoms with E-state index >= 15 is 0 Å². The van der Waals surface area contributed by atoms with Crippen molar-refractivity contribution in [1.82, 2.24) is 19.5 Å². The number of carboxylic acids is 1. The Bertz CT molecular complexity index is 1560. The van der Waals surface area contributed by atoms with Crippen molar-refractivity contribution in [2.75, 3.05) is 19.0 Å². The molecule has 0 saturated heterocycles. The highest BCUT2D eigenvalue weighted by Gasteiger charge is 2.14. The fourth-order valence-electron chi connectivity index (χ4n) is 4.13. The summed E-state index contributed by atoms with van der Waals surface area (Å²) in [6, 6.07) is 14.4. The lowest BCUT2D eigenvalue weighted by Gasteiger charge is -2.12. The van der Waals surface area contributed by atoms with Gasteiger partial charge in [0.25, 0.3) is 0 Å².